The van der Waals surface area contributed by atoms with Gasteiger partial charge in [-0.1, -0.05) is 0 Å². The standard InChI is InChI=1S/C12H15BrN2O3/c1-8-9(13)3-4-11(14-8)15-5-6-18-7-10(15)12(16)17-2/h3-4,10H,5-7H2,1-2H3. The molecule has 6 heteroatoms. The predicted molar refractivity (Wildman–Crippen MR) is 70.6 cm³/mol. The number of hydrogen-bond donors (Lipinski definition) is 0. The SMILES string of the molecule is COC(=O)C1COCCN1c1ccc(Br)c(C)n1. The van der Waals surface area contributed by atoms with Crippen molar-refractivity contribution in [2.45, 2.75) is 13.0 Å². The molecule has 1 fully saturated rings. The number of pyridine rings is 1. The molecule has 0 radical (unpaired) electrons. The van der Waals surface area contributed by atoms with Crippen LogP contribution in [0.3, 0.4) is 0 Å². The molecule has 1 aliphatic heterocycles. The number of ether oxygens (including phenoxy) is 2. The number of aromatic nitrogens is 1. The molecule has 1 aliphatic rings. The number of carbonyl (C=O) groups is 1. The number of anilines is 1. The molecule has 5 nitrogen and oxygen atoms in total. The summed E-state index contributed by atoms with van der Waals surface area (Å²) in [6, 6.07) is 3.40. The molecule has 1 unspecified atom stereocenters. The molecule has 1 saturated heterocycles. The second-order valence-electron chi connectivity index (χ2n) is 4.04. The van der Waals surface area contributed by atoms with Crippen LogP contribution in [0.4, 0.5) is 5.82 Å². The van der Waals surface area contributed by atoms with Gasteiger partial charge in [0, 0.05) is 11.0 Å². The Morgan fingerprint density at radius 3 is 3.06 bits per heavy atom. The van der Waals surface area contributed by atoms with Gasteiger partial charge in [0.2, 0.25) is 0 Å². The Hall–Kier alpha value is -1.14. The van der Waals surface area contributed by atoms with Gasteiger partial charge >= 0.3 is 5.97 Å². The molecule has 0 saturated carbocycles. The fraction of sp³-hybridized carbons (Fsp3) is 0.500. The molecule has 98 valence electrons. The fourth-order valence-corrected chi connectivity index (χ4v) is 2.12. The summed E-state index contributed by atoms with van der Waals surface area (Å²) in [5.41, 5.74) is 0.891. The van der Waals surface area contributed by atoms with Gasteiger partial charge in [0.05, 0.1) is 26.0 Å². The monoisotopic (exact) mass is 314 g/mol. The lowest BCUT2D eigenvalue weighted by Gasteiger charge is -2.34. The Kier molecular flexibility index (Phi) is 4.19. The lowest BCUT2D eigenvalue weighted by atomic mass is 10.2. The van der Waals surface area contributed by atoms with E-state index in [1.165, 1.54) is 7.11 Å². The second kappa shape index (κ2) is 5.67. The lowest BCUT2D eigenvalue weighted by Crippen LogP contribution is -2.51. The highest BCUT2D eigenvalue weighted by atomic mass is 79.9. The first-order chi connectivity index (χ1) is 8.63. The van der Waals surface area contributed by atoms with Crippen LogP contribution in [0.15, 0.2) is 16.6 Å². The van der Waals surface area contributed by atoms with E-state index in [1.54, 1.807) is 0 Å². The molecule has 0 aromatic carbocycles. The predicted octanol–water partition coefficient (Wildman–Crippen LogP) is 1.53. The van der Waals surface area contributed by atoms with E-state index < -0.39 is 6.04 Å². The van der Waals surface area contributed by atoms with Crippen molar-refractivity contribution in [3.8, 4) is 0 Å². The molecule has 1 atom stereocenters. The Balaban J connectivity index is 2.27. The molecule has 2 rings (SSSR count). The van der Waals surface area contributed by atoms with E-state index in [2.05, 4.69) is 20.9 Å². The van der Waals surface area contributed by atoms with Crippen LogP contribution in [0, 0.1) is 6.92 Å². The van der Waals surface area contributed by atoms with Crippen LogP contribution < -0.4 is 4.90 Å². The molecule has 0 spiro atoms. The maximum absolute atomic E-state index is 11.7. The molecule has 0 bridgehead atoms. The number of rotatable bonds is 2. The van der Waals surface area contributed by atoms with Crippen molar-refractivity contribution >= 4 is 27.7 Å². The maximum atomic E-state index is 11.7. The second-order valence-corrected chi connectivity index (χ2v) is 4.90. The van der Waals surface area contributed by atoms with Crippen LogP contribution in [-0.4, -0.2) is 43.9 Å². The minimum absolute atomic E-state index is 0.294. The molecule has 18 heavy (non-hydrogen) atoms. The zero-order valence-electron chi connectivity index (χ0n) is 10.4. The first kappa shape index (κ1) is 13.3. The average molecular weight is 315 g/mol. The van der Waals surface area contributed by atoms with Crippen molar-refractivity contribution < 1.29 is 14.3 Å². The number of aryl methyl sites for hydroxylation is 1. The topological polar surface area (TPSA) is 51.7 Å². The first-order valence-electron chi connectivity index (χ1n) is 5.69. The van der Waals surface area contributed by atoms with E-state index in [0.29, 0.717) is 19.8 Å². The largest absolute Gasteiger partial charge is 0.467 e. The highest BCUT2D eigenvalue weighted by Gasteiger charge is 2.31. The Labute approximate surface area is 114 Å². The van der Waals surface area contributed by atoms with E-state index in [4.69, 9.17) is 9.47 Å². The van der Waals surface area contributed by atoms with Gasteiger partial charge in [0.1, 0.15) is 5.82 Å². The summed E-state index contributed by atoms with van der Waals surface area (Å²) >= 11 is 3.41. The summed E-state index contributed by atoms with van der Waals surface area (Å²) in [4.78, 5) is 18.1. The van der Waals surface area contributed by atoms with Gasteiger partial charge in [-0.3, -0.25) is 0 Å². The summed E-state index contributed by atoms with van der Waals surface area (Å²) in [5, 5.41) is 0. The van der Waals surface area contributed by atoms with Gasteiger partial charge in [0.25, 0.3) is 0 Å². The van der Waals surface area contributed by atoms with Crippen LogP contribution in [0.25, 0.3) is 0 Å². The van der Waals surface area contributed by atoms with Gasteiger partial charge in [-0.25, -0.2) is 9.78 Å². The van der Waals surface area contributed by atoms with E-state index in [9.17, 15) is 4.79 Å². The maximum Gasteiger partial charge on any atom is 0.330 e. The number of nitrogens with zero attached hydrogens (tertiary/aromatic N) is 2. The highest BCUT2D eigenvalue weighted by Crippen LogP contribution is 2.22. The summed E-state index contributed by atoms with van der Waals surface area (Å²) < 4.78 is 11.1. The molecule has 0 N–H and O–H groups in total. The Morgan fingerprint density at radius 1 is 1.61 bits per heavy atom. The fourth-order valence-electron chi connectivity index (χ4n) is 1.90. The number of methoxy groups -OCH3 is 1. The zero-order valence-corrected chi connectivity index (χ0v) is 11.9. The molecule has 0 amide bonds. The third-order valence-electron chi connectivity index (χ3n) is 2.90. The van der Waals surface area contributed by atoms with Gasteiger partial charge < -0.3 is 14.4 Å². The van der Waals surface area contributed by atoms with Crippen LogP contribution in [0.1, 0.15) is 5.69 Å². The number of hydrogen-bond acceptors (Lipinski definition) is 5. The molecule has 1 aromatic heterocycles. The van der Waals surface area contributed by atoms with Gasteiger partial charge in [-0.2, -0.15) is 0 Å². The van der Waals surface area contributed by atoms with E-state index in [-0.39, 0.29) is 5.97 Å². The van der Waals surface area contributed by atoms with Gasteiger partial charge in [-0.15, -0.1) is 0 Å². The number of morpholine rings is 1. The van der Waals surface area contributed by atoms with Crippen LogP contribution in [-0.2, 0) is 14.3 Å². The molecule has 1 aromatic rings. The van der Waals surface area contributed by atoms with Gasteiger partial charge in [0.15, 0.2) is 6.04 Å². The minimum Gasteiger partial charge on any atom is -0.467 e. The van der Waals surface area contributed by atoms with Crippen molar-refractivity contribution in [1.29, 1.82) is 0 Å². The van der Waals surface area contributed by atoms with E-state index in [0.717, 1.165) is 16.0 Å². The molecule has 2 heterocycles. The number of halogens is 1. The number of esters is 1. The number of carbonyl (C=O) groups excluding carboxylic acids is 1. The third kappa shape index (κ3) is 2.64. The summed E-state index contributed by atoms with van der Waals surface area (Å²) in [6.07, 6.45) is 0. The minimum atomic E-state index is -0.420. The molecule has 0 aliphatic carbocycles. The van der Waals surface area contributed by atoms with Crippen molar-refractivity contribution in [2.24, 2.45) is 0 Å². The van der Waals surface area contributed by atoms with Crippen LogP contribution in [0.5, 0.6) is 0 Å². The first-order valence-corrected chi connectivity index (χ1v) is 6.48. The van der Waals surface area contributed by atoms with E-state index >= 15 is 0 Å². The van der Waals surface area contributed by atoms with Crippen molar-refractivity contribution in [3.63, 3.8) is 0 Å². The summed E-state index contributed by atoms with van der Waals surface area (Å²) in [6.45, 7) is 3.47. The summed E-state index contributed by atoms with van der Waals surface area (Å²) in [5.74, 6) is 0.478. The van der Waals surface area contributed by atoms with E-state index in [1.807, 2.05) is 24.0 Å². The molecular formula is C12H15BrN2O3. The zero-order chi connectivity index (χ0) is 13.1. The van der Waals surface area contributed by atoms with Crippen LogP contribution in [0.2, 0.25) is 0 Å². The average Bonchev–Trinajstić information content (AvgIpc) is 2.41. The van der Waals surface area contributed by atoms with Crippen molar-refractivity contribution in [1.82, 2.24) is 4.98 Å². The lowest BCUT2D eigenvalue weighted by molar-refractivity contribution is -0.144. The third-order valence-corrected chi connectivity index (χ3v) is 3.74. The Morgan fingerprint density at radius 2 is 2.39 bits per heavy atom. The quantitative estimate of drug-likeness (QED) is 0.775. The van der Waals surface area contributed by atoms with Crippen molar-refractivity contribution in [3.05, 3.63) is 22.3 Å². The van der Waals surface area contributed by atoms with Crippen molar-refractivity contribution in [2.75, 3.05) is 31.8 Å². The summed E-state index contributed by atoms with van der Waals surface area (Å²) in [7, 11) is 1.38. The molecular weight excluding hydrogens is 300 g/mol. The van der Waals surface area contributed by atoms with Crippen LogP contribution >= 0.6 is 15.9 Å². The normalized spacial score (nSPS) is 19.7. The Bertz CT molecular complexity index is 453. The smallest absolute Gasteiger partial charge is 0.330 e. The highest BCUT2D eigenvalue weighted by molar-refractivity contribution is 9.10. The van der Waals surface area contributed by atoms with Gasteiger partial charge in [-0.05, 0) is 35.0 Å².